The van der Waals surface area contributed by atoms with Gasteiger partial charge in [0.15, 0.2) is 0 Å². The molecule has 0 aliphatic carbocycles. The van der Waals surface area contributed by atoms with Gasteiger partial charge in [0, 0.05) is 29.0 Å². The first-order valence-corrected chi connectivity index (χ1v) is 12.4. The molecule has 0 aliphatic rings. The molecule has 2 aromatic heterocycles. The van der Waals surface area contributed by atoms with Crippen molar-refractivity contribution in [1.29, 1.82) is 0 Å². The van der Waals surface area contributed by atoms with Crippen LogP contribution >= 0.6 is 0 Å². The SMILES string of the molecule is C[C@@H](NC(=O)c1cnc2cc(NC(=O)c3ccccc3-c3ccc(C(F)(F)F)cc3)ccc2c1)c1ccccn1. The Kier molecular flexibility index (Phi) is 7.29. The molecule has 0 radical (unpaired) electrons. The Bertz CT molecular complexity index is 1690. The molecular formula is C31H23F3N4O2. The van der Waals surface area contributed by atoms with Crippen LogP contribution in [0.15, 0.2) is 103 Å². The lowest BCUT2D eigenvalue weighted by Gasteiger charge is -2.14. The van der Waals surface area contributed by atoms with Crippen LogP contribution in [0.4, 0.5) is 18.9 Å². The lowest BCUT2D eigenvalue weighted by atomic mass is 9.98. The number of hydrogen-bond donors (Lipinski definition) is 2. The van der Waals surface area contributed by atoms with Gasteiger partial charge in [-0.15, -0.1) is 0 Å². The van der Waals surface area contributed by atoms with E-state index in [-0.39, 0.29) is 11.9 Å². The third-order valence-corrected chi connectivity index (χ3v) is 6.38. The molecule has 0 unspecified atom stereocenters. The smallest absolute Gasteiger partial charge is 0.344 e. The lowest BCUT2D eigenvalue weighted by molar-refractivity contribution is -0.137. The van der Waals surface area contributed by atoms with Gasteiger partial charge in [-0.25, -0.2) is 0 Å². The van der Waals surface area contributed by atoms with Gasteiger partial charge in [0.2, 0.25) is 0 Å². The average Bonchev–Trinajstić information content (AvgIpc) is 2.97. The predicted octanol–water partition coefficient (Wildman–Crippen LogP) is 7.06. The van der Waals surface area contributed by atoms with Crippen LogP contribution in [-0.4, -0.2) is 21.8 Å². The van der Waals surface area contributed by atoms with Crippen molar-refractivity contribution in [2.45, 2.75) is 19.1 Å². The molecule has 2 heterocycles. The molecule has 5 aromatic rings. The third kappa shape index (κ3) is 5.83. The number of carbonyl (C=O) groups excluding carboxylic acids is 2. The van der Waals surface area contributed by atoms with E-state index in [0.29, 0.717) is 38.8 Å². The summed E-state index contributed by atoms with van der Waals surface area (Å²) < 4.78 is 38.9. The number of nitrogens with one attached hydrogen (secondary N) is 2. The number of anilines is 1. The molecule has 2 amide bonds. The van der Waals surface area contributed by atoms with Crippen molar-refractivity contribution in [3.8, 4) is 11.1 Å². The summed E-state index contributed by atoms with van der Waals surface area (Å²) in [6, 6.07) is 23.4. The molecule has 0 saturated heterocycles. The van der Waals surface area contributed by atoms with Gasteiger partial charge in [-0.05, 0) is 66.6 Å². The Labute approximate surface area is 227 Å². The second-order valence-electron chi connectivity index (χ2n) is 9.16. The number of hydrogen-bond acceptors (Lipinski definition) is 4. The molecule has 0 saturated carbocycles. The number of fused-ring (bicyclic) bond motifs is 1. The first kappa shape index (κ1) is 26.6. The monoisotopic (exact) mass is 540 g/mol. The Morgan fingerprint density at radius 3 is 2.30 bits per heavy atom. The molecule has 200 valence electrons. The summed E-state index contributed by atoms with van der Waals surface area (Å²) in [6.45, 7) is 1.85. The Hall–Kier alpha value is -5.05. The van der Waals surface area contributed by atoms with Crippen molar-refractivity contribution in [2.75, 3.05) is 5.32 Å². The number of nitrogens with zero attached hydrogens (tertiary/aromatic N) is 2. The van der Waals surface area contributed by atoms with Crippen LogP contribution in [0.5, 0.6) is 0 Å². The summed E-state index contributed by atoms with van der Waals surface area (Å²) in [5.74, 6) is -0.709. The maximum Gasteiger partial charge on any atom is 0.416 e. The lowest BCUT2D eigenvalue weighted by Crippen LogP contribution is -2.27. The van der Waals surface area contributed by atoms with E-state index in [1.807, 2.05) is 19.1 Å². The highest BCUT2D eigenvalue weighted by Crippen LogP contribution is 2.32. The maximum atomic E-state index is 13.2. The van der Waals surface area contributed by atoms with Crippen LogP contribution in [0.25, 0.3) is 22.0 Å². The zero-order chi connectivity index (χ0) is 28.3. The standard InChI is InChI=1S/C31H23F3N4O2/c1-19(27-8-4-5-15-35-27)37-29(39)22-16-21-11-14-24(17-28(21)36-18-22)38-30(40)26-7-3-2-6-25(26)20-9-12-23(13-10-20)31(32,33)34/h2-19H,1H3,(H,37,39)(H,38,40)/t19-/m1/s1. The van der Waals surface area contributed by atoms with E-state index in [9.17, 15) is 22.8 Å². The summed E-state index contributed by atoms with van der Waals surface area (Å²) in [5.41, 5.74) is 2.72. The predicted molar refractivity (Wildman–Crippen MR) is 147 cm³/mol. The molecule has 0 spiro atoms. The van der Waals surface area contributed by atoms with E-state index < -0.39 is 17.6 Å². The molecule has 5 rings (SSSR count). The van der Waals surface area contributed by atoms with Crippen molar-refractivity contribution in [1.82, 2.24) is 15.3 Å². The summed E-state index contributed by atoms with van der Waals surface area (Å²) >= 11 is 0. The molecule has 2 N–H and O–H groups in total. The van der Waals surface area contributed by atoms with Gasteiger partial charge in [-0.2, -0.15) is 13.2 Å². The molecule has 3 aromatic carbocycles. The highest BCUT2D eigenvalue weighted by molar-refractivity contribution is 6.09. The molecule has 0 fully saturated rings. The fraction of sp³-hybridized carbons (Fsp3) is 0.0968. The van der Waals surface area contributed by atoms with E-state index in [2.05, 4.69) is 20.6 Å². The second kappa shape index (κ2) is 11.0. The van der Waals surface area contributed by atoms with Gasteiger partial charge in [-0.3, -0.25) is 19.6 Å². The van der Waals surface area contributed by atoms with E-state index in [1.54, 1.807) is 60.8 Å². The van der Waals surface area contributed by atoms with Gasteiger partial charge < -0.3 is 10.6 Å². The quantitative estimate of drug-likeness (QED) is 0.242. The number of aromatic nitrogens is 2. The number of alkyl halides is 3. The van der Waals surface area contributed by atoms with Gasteiger partial charge in [0.05, 0.1) is 28.4 Å². The van der Waals surface area contributed by atoms with Crippen LogP contribution in [-0.2, 0) is 6.18 Å². The van der Waals surface area contributed by atoms with Crippen molar-refractivity contribution < 1.29 is 22.8 Å². The number of amides is 2. The van der Waals surface area contributed by atoms with Crippen molar-refractivity contribution in [3.05, 3.63) is 126 Å². The van der Waals surface area contributed by atoms with Crippen molar-refractivity contribution >= 4 is 28.4 Å². The van der Waals surface area contributed by atoms with E-state index in [0.717, 1.165) is 17.8 Å². The summed E-state index contributed by atoms with van der Waals surface area (Å²) in [4.78, 5) is 34.6. The average molecular weight is 541 g/mol. The Morgan fingerprint density at radius 1 is 0.825 bits per heavy atom. The fourth-order valence-corrected chi connectivity index (χ4v) is 4.28. The van der Waals surface area contributed by atoms with Crippen LogP contribution in [0.3, 0.4) is 0 Å². The minimum absolute atomic E-state index is 0.285. The molecular weight excluding hydrogens is 517 g/mol. The normalized spacial score (nSPS) is 12.1. The highest BCUT2D eigenvalue weighted by Gasteiger charge is 2.30. The van der Waals surface area contributed by atoms with Gasteiger partial charge in [0.1, 0.15) is 0 Å². The number of benzene rings is 3. The second-order valence-corrected chi connectivity index (χ2v) is 9.16. The molecule has 1 atom stereocenters. The van der Waals surface area contributed by atoms with Crippen LogP contribution in [0, 0.1) is 0 Å². The zero-order valence-corrected chi connectivity index (χ0v) is 21.2. The largest absolute Gasteiger partial charge is 0.416 e. The van der Waals surface area contributed by atoms with E-state index in [4.69, 9.17) is 0 Å². The van der Waals surface area contributed by atoms with Gasteiger partial charge in [-0.1, -0.05) is 42.5 Å². The first-order chi connectivity index (χ1) is 19.2. The number of carbonyl (C=O) groups is 2. The minimum atomic E-state index is -4.44. The van der Waals surface area contributed by atoms with Crippen molar-refractivity contribution in [3.63, 3.8) is 0 Å². The molecule has 40 heavy (non-hydrogen) atoms. The van der Waals surface area contributed by atoms with Crippen LogP contribution in [0.2, 0.25) is 0 Å². The van der Waals surface area contributed by atoms with Crippen LogP contribution in [0.1, 0.15) is 44.9 Å². The number of halogens is 3. The summed E-state index contributed by atoms with van der Waals surface area (Å²) in [7, 11) is 0. The van der Waals surface area contributed by atoms with E-state index >= 15 is 0 Å². The summed E-state index contributed by atoms with van der Waals surface area (Å²) in [6.07, 6.45) is -1.31. The van der Waals surface area contributed by atoms with Gasteiger partial charge >= 0.3 is 6.18 Å². The molecule has 9 heteroatoms. The Morgan fingerprint density at radius 2 is 1.57 bits per heavy atom. The zero-order valence-electron chi connectivity index (χ0n) is 21.2. The molecule has 0 bridgehead atoms. The number of pyridine rings is 2. The van der Waals surface area contributed by atoms with Gasteiger partial charge in [0.25, 0.3) is 11.8 Å². The number of rotatable bonds is 6. The minimum Gasteiger partial charge on any atom is -0.344 e. The third-order valence-electron chi connectivity index (χ3n) is 6.38. The first-order valence-electron chi connectivity index (χ1n) is 12.4. The topological polar surface area (TPSA) is 84.0 Å². The van der Waals surface area contributed by atoms with E-state index in [1.165, 1.54) is 18.3 Å². The fourth-order valence-electron chi connectivity index (χ4n) is 4.28. The Balaban J connectivity index is 1.32. The maximum absolute atomic E-state index is 13.2. The summed E-state index contributed by atoms with van der Waals surface area (Å²) in [5, 5.41) is 6.45. The molecule has 6 nitrogen and oxygen atoms in total. The highest BCUT2D eigenvalue weighted by atomic mass is 19.4. The van der Waals surface area contributed by atoms with Crippen LogP contribution < -0.4 is 10.6 Å². The molecule has 0 aliphatic heterocycles. The van der Waals surface area contributed by atoms with Crippen molar-refractivity contribution in [2.24, 2.45) is 0 Å².